The first-order valence-electron chi connectivity index (χ1n) is 9.79. The number of nitrogens with one attached hydrogen (secondary N) is 2. The maximum absolute atomic E-state index is 12.6. The van der Waals surface area contributed by atoms with Gasteiger partial charge in [-0.05, 0) is 43.4 Å². The van der Waals surface area contributed by atoms with E-state index in [4.69, 9.17) is 5.11 Å². The number of urea groups is 1. The SMILES string of the molecule is O=C(O)CCC(Cc1ccccc1)NC(=O)Nc1ccccc1N1CCCC1. The number of hydrogen-bond acceptors (Lipinski definition) is 3. The number of anilines is 2. The van der Waals surface area contributed by atoms with Gasteiger partial charge in [0.05, 0.1) is 11.4 Å². The lowest BCUT2D eigenvalue weighted by atomic mass is 10.0. The largest absolute Gasteiger partial charge is 0.481 e. The van der Waals surface area contributed by atoms with Crippen molar-refractivity contribution in [3.8, 4) is 0 Å². The number of nitrogens with zero attached hydrogens (tertiary/aromatic N) is 1. The Balaban J connectivity index is 1.65. The molecule has 0 spiro atoms. The van der Waals surface area contributed by atoms with Gasteiger partial charge >= 0.3 is 12.0 Å². The van der Waals surface area contributed by atoms with Crippen LogP contribution in [0.3, 0.4) is 0 Å². The van der Waals surface area contributed by atoms with Gasteiger partial charge in [0.1, 0.15) is 0 Å². The lowest BCUT2D eigenvalue weighted by molar-refractivity contribution is -0.137. The van der Waals surface area contributed by atoms with Crippen molar-refractivity contribution >= 4 is 23.4 Å². The fourth-order valence-corrected chi connectivity index (χ4v) is 3.58. The van der Waals surface area contributed by atoms with Crippen LogP contribution in [-0.4, -0.2) is 36.2 Å². The number of benzene rings is 2. The molecule has 6 nitrogen and oxygen atoms in total. The van der Waals surface area contributed by atoms with Crippen molar-refractivity contribution in [3.63, 3.8) is 0 Å². The van der Waals surface area contributed by atoms with E-state index in [0.29, 0.717) is 12.8 Å². The third-order valence-corrected chi connectivity index (χ3v) is 4.97. The van der Waals surface area contributed by atoms with Crippen LogP contribution in [0.2, 0.25) is 0 Å². The van der Waals surface area contributed by atoms with Crippen LogP contribution < -0.4 is 15.5 Å². The molecule has 3 rings (SSSR count). The summed E-state index contributed by atoms with van der Waals surface area (Å²) in [6, 6.07) is 17.0. The zero-order valence-electron chi connectivity index (χ0n) is 15.9. The first-order chi connectivity index (χ1) is 13.6. The number of carboxylic acids is 1. The zero-order valence-corrected chi connectivity index (χ0v) is 15.9. The van der Waals surface area contributed by atoms with Crippen LogP contribution in [0, 0.1) is 0 Å². The van der Waals surface area contributed by atoms with Gasteiger partial charge in [-0.1, -0.05) is 42.5 Å². The number of para-hydroxylation sites is 2. The van der Waals surface area contributed by atoms with Gasteiger partial charge in [0.15, 0.2) is 0 Å². The molecular weight excluding hydrogens is 354 g/mol. The second kappa shape index (κ2) is 9.78. The van der Waals surface area contributed by atoms with Crippen molar-refractivity contribution < 1.29 is 14.7 Å². The van der Waals surface area contributed by atoms with E-state index in [2.05, 4.69) is 15.5 Å². The Morgan fingerprint density at radius 2 is 1.68 bits per heavy atom. The molecule has 0 saturated carbocycles. The number of aliphatic carboxylic acids is 1. The number of carboxylic acid groups (broad SMARTS) is 1. The minimum absolute atomic E-state index is 0.0160. The van der Waals surface area contributed by atoms with Crippen LogP contribution in [-0.2, 0) is 11.2 Å². The molecule has 1 fully saturated rings. The fraction of sp³-hybridized carbons (Fsp3) is 0.364. The van der Waals surface area contributed by atoms with Crippen LogP contribution in [0.15, 0.2) is 54.6 Å². The summed E-state index contributed by atoms with van der Waals surface area (Å²) in [5.74, 6) is -0.861. The van der Waals surface area contributed by atoms with Gasteiger partial charge in [-0.2, -0.15) is 0 Å². The Labute approximate surface area is 165 Å². The van der Waals surface area contributed by atoms with E-state index in [1.165, 1.54) is 0 Å². The highest BCUT2D eigenvalue weighted by Gasteiger charge is 2.18. The maximum atomic E-state index is 12.6. The average Bonchev–Trinajstić information content (AvgIpc) is 3.22. The first kappa shape index (κ1) is 19.7. The minimum Gasteiger partial charge on any atom is -0.481 e. The molecule has 6 heteroatoms. The molecule has 0 bridgehead atoms. The first-order valence-corrected chi connectivity index (χ1v) is 9.79. The molecule has 1 heterocycles. The molecule has 1 saturated heterocycles. The van der Waals surface area contributed by atoms with Gasteiger partial charge < -0.3 is 20.6 Å². The Kier molecular flexibility index (Phi) is 6.89. The third-order valence-electron chi connectivity index (χ3n) is 4.97. The van der Waals surface area contributed by atoms with E-state index in [1.54, 1.807) is 0 Å². The van der Waals surface area contributed by atoms with Crippen LogP contribution in [0.4, 0.5) is 16.2 Å². The molecule has 148 valence electrons. The Morgan fingerprint density at radius 1 is 1.00 bits per heavy atom. The molecule has 1 unspecified atom stereocenters. The lowest BCUT2D eigenvalue weighted by Gasteiger charge is -2.23. The summed E-state index contributed by atoms with van der Waals surface area (Å²) in [6.45, 7) is 1.99. The normalized spacial score (nSPS) is 14.5. The molecule has 1 aliphatic rings. The Hall–Kier alpha value is -3.02. The van der Waals surface area contributed by atoms with Crippen molar-refractivity contribution in [1.82, 2.24) is 5.32 Å². The monoisotopic (exact) mass is 381 g/mol. The molecule has 2 aromatic rings. The Morgan fingerprint density at radius 3 is 2.39 bits per heavy atom. The number of amides is 2. The van der Waals surface area contributed by atoms with E-state index < -0.39 is 5.97 Å². The molecule has 1 aliphatic heterocycles. The molecule has 1 atom stereocenters. The molecule has 28 heavy (non-hydrogen) atoms. The second-order valence-corrected chi connectivity index (χ2v) is 7.13. The van der Waals surface area contributed by atoms with Gasteiger partial charge in [0.2, 0.25) is 0 Å². The van der Waals surface area contributed by atoms with Crippen LogP contribution in [0.25, 0.3) is 0 Å². The molecular formula is C22H27N3O3. The molecule has 0 aromatic heterocycles. The van der Waals surface area contributed by atoms with Crippen molar-refractivity contribution in [1.29, 1.82) is 0 Å². The summed E-state index contributed by atoms with van der Waals surface area (Å²) in [5.41, 5.74) is 2.87. The molecule has 0 radical (unpaired) electrons. The van der Waals surface area contributed by atoms with Crippen molar-refractivity contribution in [3.05, 3.63) is 60.2 Å². The molecule has 2 amide bonds. The van der Waals surface area contributed by atoms with E-state index in [0.717, 1.165) is 42.9 Å². The van der Waals surface area contributed by atoms with Gasteiger partial charge in [-0.15, -0.1) is 0 Å². The van der Waals surface area contributed by atoms with Crippen LogP contribution in [0.1, 0.15) is 31.2 Å². The number of rotatable bonds is 8. The standard InChI is InChI=1S/C22H27N3O3/c26-21(27)13-12-18(16-17-8-2-1-3-9-17)23-22(28)24-19-10-4-5-11-20(19)25-14-6-7-15-25/h1-5,8-11,18H,6-7,12-16H2,(H,26,27)(H2,23,24,28). The summed E-state index contributed by atoms with van der Waals surface area (Å²) in [7, 11) is 0. The van der Waals surface area contributed by atoms with Gasteiger partial charge in [-0.3, -0.25) is 4.79 Å². The number of carbonyl (C=O) groups is 2. The highest BCUT2D eigenvalue weighted by atomic mass is 16.4. The third kappa shape index (κ3) is 5.74. The number of hydrogen-bond donors (Lipinski definition) is 3. The average molecular weight is 381 g/mol. The van der Waals surface area contributed by atoms with Crippen molar-refractivity contribution in [2.24, 2.45) is 0 Å². The van der Waals surface area contributed by atoms with Crippen LogP contribution in [0.5, 0.6) is 0 Å². The number of carbonyl (C=O) groups excluding carboxylic acids is 1. The summed E-state index contributed by atoms with van der Waals surface area (Å²) < 4.78 is 0. The highest BCUT2D eigenvalue weighted by Crippen LogP contribution is 2.28. The second-order valence-electron chi connectivity index (χ2n) is 7.13. The molecule has 0 aliphatic carbocycles. The van der Waals surface area contributed by atoms with E-state index in [-0.39, 0.29) is 18.5 Å². The van der Waals surface area contributed by atoms with Crippen molar-refractivity contribution in [2.75, 3.05) is 23.3 Å². The quantitative estimate of drug-likeness (QED) is 0.648. The summed E-state index contributed by atoms with van der Waals surface area (Å²) >= 11 is 0. The highest BCUT2D eigenvalue weighted by molar-refractivity contribution is 5.93. The van der Waals surface area contributed by atoms with Gasteiger partial charge in [0, 0.05) is 25.6 Å². The zero-order chi connectivity index (χ0) is 19.8. The van der Waals surface area contributed by atoms with E-state index in [9.17, 15) is 9.59 Å². The molecule has 2 aromatic carbocycles. The fourth-order valence-electron chi connectivity index (χ4n) is 3.58. The summed E-state index contributed by atoms with van der Waals surface area (Å²) in [5, 5.41) is 14.9. The summed E-state index contributed by atoms with van der Waals surface area (Å²) in [6.07, 6.45) is 3.31. The predicted octanol–water partition coefficient (Wildman–Crippen LogP) is 3.88. The van der Waals surface area contributed by atoms with E-state index >= 15 is 0 Å². The van der Waals surface area contributed by atoms with Crippen LogP contribution >= 0.6 is 0 Å². The van der Waals surface area contributed by atoms with Gasteiger partial charge in [0.25, 0.3) is 0 Å². The van der Waals surface area contributed by atoms with Gasteiger partial charge in [-0.25, -0.2) is 4.79 Å². The summed E-state index contributed by atoms with van der Waals surface area (Å²) in [4.78, 5) is 25.9. The topological polar surface area (TPSA) is 81.7 Å². The van der Waals surface area contributed by atoms with Crippen molar-refractivity contribution in [2.45, 2.75) is 38.1 Å². The van der Waals surface area contributed by atoms with E-state index in [1.807, 2.05) is 54.6 Å². The predicted molar refractivity (Wildman–Crippen MR) is 111 cm³/mol. The lowest BCUT2D eigenvalue weighted by Crippen LogP contribution is -2.40. The smallest absolute Gasteiger partial charge is 0.319 e. The Bertz CT molecular complexity index is 789. The minimum atomic E-state index is -0.861. The molecule has 3 N–H and O–H groups in total. The maximum Gasteiger partial charge on any atom is 0.319 e.